The van der Waals surface area contributed by atoms with E-state index in [1.165, 1.54) is 0 Å². The first kappa shape index (κ1) is 17.4. The van der Waals surface area contributed by atoms with Crippen molar-refractivity contribution < 1.29 is 9.53 Å². The Labute approximate surface area is 127 Å². The number of nitrogens with one attached hydrogen (secondary N) is 1. The number of ether oxygens (including phenoxy) is 1. The van der Waals surface area contributed by atoms with Gasteiger partial charge in [-0.2, -0.15) is 11.8 Å². The molecule has 1 amide bonds. The number of thioether (sulfide) groups is 1. The molecule has 0 saturated carbocycles. The predicted molar refractivity (Wildman–Crippen MR) is 86.4 cm³/mol. The highest BCUT2D eigenvalue weighted by atomic mass is 32.2. The van der Waals surface area contributed by atoms with E-state index in [0.717, 1.165) is 44.0 Å². The van der Waals surface area contributed by atoms with Gasteiger partial charge in [0.15, 0.2) is 0 Å². The Hall–Kier alpha value is -0.680. The van der Waals surface area contributed by atoms with Crippen molar-refractivity contribution in [2.75, 3.05) is 31.1 Å². The molecule has 0 atom stereocenters. The van der Waals surface area contributed by atoms with Gasteiger partial charge in [-0.3, -0.25) is 0 Å². The zero-order valence-electron chi connectivity index (χ0n) is 13.0. The topological polar surface area (TPSA) is 41.6 Å². The smallest absolute Gasteiger partial charge is 0.410 e. The van der Waals surface area contributed by atoms with Crippen LogP contribution < -0.4 is 5.32 Å². The minimum Gasteiger partial charge on any atom is -0.444 e. The molecule has 0 aromatic rings. The quantitative estimate of drug-likeness (QED) is 0.605. The molecule has 1 fully saturated rings. The number of likely N-dealkylation sites (tertiary alicyclic amines) is 1. The molecule has 20 heavy (non-hydrogen) atoms. The molecule has 116 valence electrons. The molecule has 1 N–H and O–H groups in total. The van der Waals surface area contributed by atoms with Crippen LogP contribution in [-0.4, -0.2) is 53.8 Å². The lowest BCUT2D eigenvalue weighted by Crippen LogP contribution is -2.46. The fourth-order valence-corrected chi connectivity index (χ4v) is 2.69. The normalized spacial score (nSPS) is 17.1. The zero-order chi connectivity index (χ0) is 15.0. The largest absolute Gasteiger partial charge is 0.444 e. The van der Waals surface area contributed by atoms with E-state index in [4.69, 9.17) is 4.74 Å². The van der Waals surface area contributed by atoms with Crippen LogP contribution in [0.25, 0.3) is 0 Å². The Morgan fingerprint density at radius 3 is 2.65 bits per heavy atom. The number of hydrogen-bond donors (Lipinski definition) is 1. The maximum Gasteiger partial charge on any atom is 0.410 e. The van der Waals surface area contributed by atoms with Crippen LogP contribution in [-0.2, 0) is 4.74 Å². The molecule has 0 unspecified atom stereocenters. The summed E-state index contributed by atoms with van der Waals surface area (Å²) in [5.74, 6) is 2.12. The molecule has 4 nitrogen and oxygen atoms in total. The second kappa shape index (κ2) is 8.57. The van der Waals surface area contributed by atoms with E-state index in [1.807, 2.05) is 43.5 Å². The minimum absolute atomic E-state index is 0.183. The van der Waals surface area contributed by atoms with Crippen LogP contribution in [0, 0.1) is 0 Å². The molecule has 0 aromatic carbocycles. The number of rotatable bonds is 6. The van der Waals surface area contributed by atoms with E-state index in [1.54, 1.807) is 0 Å². The summed E-state index contributed by atoms with van der Waals surface area (Å²) >= 11 is 1.89. The summed E-state index contributed by atoms with van der Waals surface area (Å²) in [6.07, 6.45) is 3.76. The molecule has 0 radical (unpaired) electrons. The zero-order valence-corrected chi connectivity index (χ0v) is 13.8. The van der Waals surface area contributed by atoms with Gasteiger partial charge < -0.3 is 15.0 Å². The molecule has 0 spiro atoms. The van der Waals surface area contributed by atoms with Gasteiger partial charge in [-0.05, 0) is 33.6 Å². The van der Waals surface area contributed by atoms with Crippen molar-refractivity contribution >= 4 is 17.9 Å². The number of carbonyl (C=O) groups is 1. The third-order valence-electron chi connectivity index (χ3n) is 3.06. The van der Waals surface area contributed by atoms with Crippen LogP contribution in [0.5, 0.6) is 0 Å². The van der Waals surface area contributed by atoms with Gasteiger partial charge in [0.2, 0.25) is 0 Å². The average Bonchev–Trinajstić information content (AvgIpc) is 2.37. The molecule has 1 rings (SSSR count). The first-order valence-corrected chi connectivity index (χ1v) is 8.48. The fourth-order valence-electron chi connectivity index (χ4n) is 2.09. The first-order valence-electron chi connectivity index (χ1n) is 7.32. The summed E-state index contributed by atoms with van der Waals surface area (Å²) in [5, 5.41) is 3.55. The summed E-state index contributed by atoms with van der Waals surface area (Å²) in [4.78, 5) is 13.7. The Morgan fingerprint density at radius 2 is 2.10 bits per heavy atom. The van der Waals surface area contributed by atoms with Gasteiger partial charge in [-0.1, -0.05) is 6.08 Å². The molecule has 1 saturated heterocycles. The number of nitrogens with zero attached hydrogens (tertiary/aromatic N) is 1. The van der Waals surface area contributed by atoms with Crippen molar-refractivity contribution in [2.24, 2.45) is 0 Å². The monoisotopic (exact) mass is 300 g/mol. The SMILES string of the molecule is C=CCSCCNC1CCN(C(=O)OC(C)(C)C)CC1. The minimum atomic E-state index is -0.408. The number of hydrogen-bond acceptors (Lipinski definition) is 4. The molecular weight excluding hydrogens is 272 g/mol. The molecule has 1 heterocycles. The van der Waals surface area contributed by atoms with E-state index < -0.39 is 5.60 Å². The fraction of sp³-hybridized carbons (Fsp3) is 0.800. The lowest BCUT2D eigenvalue weighted by atomic mass is 10.1. The molecular formula is C15H28N2O2S. The van der Waals surface area contributed by atoms with Crippen LogP contribution in [0.3, 0.4) is 0 Å². The van der Waals surface area contributed by atoms with Crippen LogP contribution >= 0.6 is 11.8 Å². The van der Waals surface area contributed by atoms with Gasteiger partial charge in [0, 0.05) is 37.2 Å². The van der Waals surface area contributed by atoms with Crippen LogP contribution in [0.4, 0.5) is 4.79 Å². The number of carbonyl (C=O) groups excluding carboxylic acids is 1. The maximum absolute atomic E-state index is 11.9. The molecule has 1 aliphatic rings. The van der Waals surface area contributed by atoms with Crippen molar-refractivity contribution in [3.63, 3.8) is 0 Å². The van der Waals surface area contributed by atoms with Gasteiger partial charge in [0.1, 0.15) is 5.60 Å². The molecule has 0 aliphatic carbocycles. The van der Waals surface area contributed by atoms with Gasteiger partial charge in [0.25, 0.3) is 0 Å². The molecule has 0 aromatic heterocycles. The summed E-state index contributed by atoms with van der Waals surface area (Å²) in [6, 6.07) is 0.526. The predicted octanol–water partition coefficient (Wildman–Crippen LogP) is 2.89. The van der Waals surface area contributed by atoms with Gasteiger partial charge >= 0.3 is 6.09 Å². The number of amides is 1. The van der Waals surface area contributed by atoms with E-state index >= 15 is 0 Å². The molecule has 0 bridgehead atoms. The van der Waals surface area contributed by atoms with Crippen molar-refractivity contribution in [3.8, 4) is 0 Å². The lowest BCUT2D eigenvalue weighted by molar-refractivity contribution is 0.0199. The second-order valence-corrected chi connectivity index (χ2v) is 7.21. The van der Waals surface area contributed by atoms with Crippen LogP contribution in [0.1, 0.15) is 33.6 Å². The third-order valence-corrected chi connectivity index (χ3v) is 4.03. The summed E-state index contributed by atoms with van der Waals surface area (Å²) < 4.78 is 5.39. The number of piperidine rings is 1. The first-order chi connectivity index (χ1) is 9.42. The molecule has 5 heteroatoms. The van der Waals surface area contributed by atoms with E-state index in [2.05, 4.69) is 11.9 Å². The Kier molecular flexibility index (Phi) is 7.45. The van der Waals surface area contributed by atoms with E-state index in [-0.39, 0.29) is 6.09 Å². The average molecular weight is 300 g/mol. The highest BCUT2D eigenvalue weighted by molar-refractivity contribution is 7.99. The Morgan fingerprint density at radius 1 is 1.45 bits per heavy atom. The standard InChI is InChI=1S/C15H28N2O2S/c1-5-11-20-12-8-16-13-6-9-17(10-7-13)14(18)19-15(2,3)4/h5,13,16H,1,6-12H2,2-4H3. The second-order valence-electron chi connectivity index (χ2n) is 6.06. The molecule has 1 aliphatic heterocycles. The van der Waals surface area contributed by atoms with Crippen molar-refractivity contribution in [3.05, 3.63) is 12.7 Å². The summed E-state index contributed by atoms with van der Waals surface area (Å²) in [6.45, 7) is 12.0. The van der Waals surface area contributed by atoms with Gasteiger partial charge in [0.05, 0.1) is 0 Å². The maximum atomic E-state index is 11.9. The van der Waals surface area contributed by atoms with E-state index in [9.17, 15) is 4.79 Å². The van der Waals surface area contributed by atoms with Gasteiger partial charge in [-0.15, -0.1) is 6.58 Å². The highest BCUT2D eigenvalue weighted by Crippen LogP contribution is 2.15. The summed E-state index contributed by atoms with van der Waals surface area (Å²) in [7, 11) is 0. The van der Waals surface area contributed by atoms with Crippen molar-refractivity contribution in [1.82, 2.24) is 10.2 Å². The summed E-state index contributed by atoms with van der Waals surface area (Å²) in [5.41, 5.74) is -0.408. The van der Waals surface area contributed by atoms with E-state index in [0.29, 0.717) is 6.04 Å². The van der Waals surface area contributed by atoms with Crippen LogP contribution in [0.15, 0.2) is 12.7 Å². The van der Waals surface area contributed by atoms with Crippen molar-refractivity contribution in [1.29, 1.82) is 0 Å². The van der Waals surface area contributed by atoms with Gasteiger partial charge in [-0.25, -0.2) is 4.79 Å². The van der Waals surface area contributed by atoms with Crippen LogP contribution in [0.2, 0.25) is 0 Å². The Bertz CT molecular complexity index is 307. The Balaban J connectivity index is 2.16. The van der Waals surface area contributed by atoms with Crippen molar-refractivity contribution in [2.45, 2.75) is 45.3 Å². The highest BCUT2D eigenvalue weighted by Gasteiger charge is 2.26. The lowest BCUT2D eigenvalue weighted by Gasteiger charge is -2.33. The third kappa shape index (κ3) is 7.20.